The monoisotopic (exact) mass is 400 g/mol. The van der Waals surface area contributed by atoms with Gasteiger partial charge in [-0.2, -0.15) is 5.26 Å². The predicted molar refractivity (Wildman–Crippen MR) is 114 cm³/mol. The maximum atomic E-state index is 13.5. The number of amides is 1. The van der Waals surface area contributed by atoms with E-state index in [-0.39, 0.29) is 11.3 Å². The van der Waals surface area contributed by atoms with E-state index in [1.165, 1.54) is 17.1 Å². The number of para-hydroxylation sites is 1. The van der Waals surface area contributed by atoms with E-state index in [1.807, 2.05) is 29.3 Å². The number of nitrogens with zero attached hydrogens (tertiary/aromatic N) is 5. The van der Waals surface area contributed by atoms with Gasteiger partial charge in [-0.05, 0) is 37.3 Å². The van der Waals surface area contributed by atoms with E-state index in [9.17, 15) is 4.79 Å². The molecule has 0 saturated carbocycles. The number of nitriles is 1. The van der Waals surface area contributed by atoms with Crippen LogP contribution >= 0.6 is 0 Å². The fraction of sp³-hybridized carbons (Fsp3) is 0.391. The van der Waals surface area contributed by atoms with Gasteiger partial charge in [0.25, 0.3) is 0 Å². The van der Waals surface area contributed by atoms with Crippen LogP contribution < -0.4 is 4.90 Å². The standard InChI is InChI=1S/C23H24N6O/c24-12-18-14-25-15-21(27-18)28-10-7-23(8-11-28)6-3-9-29(22(23)30)16-17-13-26-20-5-2-1-4-19(17)20/h1-2,4-5,13-15,26H,3,6-11,16H2. The smallest absolute Gasteiger partial charge is 0.229 e. The molecule has 4 heterocycles. The minimum absolute atomic E-state index is 0.277. The number of carbonyl (C=O) groups is 1. The SMILES string of the molecule is N#Cc1cncc(N2CCC3(CCCN(Cc4c[nH]c5ccccc45)C3=O)CC2)n1. The lowest BCUT2D eigenvalue weighted by Crippen LogP contribution is -2.53. The first-order valence-corrected chi connectivity index (χ1v) is 10.5. The van der Waals surface area contributed by atoms with Crippen molar-refractivity contribution in [1.82, 2.24) is 19.9 Å². The predicted octanol–water partition coefficient (Wildman–Crippen LogP) is 3.24. The van der Waals surface area contributed by atoms with Crippen molar-refractivity contribution in [2.24, 2.45) is 5.41 Å². The molecule has 0 unspecified atom stereocenters. The molecule has 152 valence electrons. The van der Waals surface area contributed by atoms with E-state index in [4.69, 9.17) is 5.26 Å². The lowest BCUT2D eigenvalue weighted by molar-refractivity contribution is -0.148. The molecule has 2 saturated heterocycles. The number of carbonyl (C=O) groups excluding carboxylic acids is 1. The highest BCUT2D eigenvalue weighted by Crippen LogP contribution is 2.42. The van der Waals surface area contributed by atoms with Gasteiger partial charge in [-0.25, -0.2) is 4.98 Å². The Morgan fingerprint density at radius 3 is 2.80 bits per heavy atom. The van der Waals surface area contributed by atoms with Crippen LogP contribution in [0.15, 0.2) is 42.9 Å². The van der Waals surface area contributed by atoms with E-state index >= 15 is 0 Å². The first kappa shape index (κ1) is 18.6. The highest BCUT2D eigenvalue weighted by Gasteiger charge is 2.45. The summed E-state index contributed by atoms with van der Waals surface area (Å²) >= 11 is 0. The van der Waals surface area contributed by atoms with Crippen molar-refractivity contribution in [1.29, 1.82) is 5.26 Å². The van der Waals surface area contributed by atoms with Crippen LogP contribution in [0.4, 0.5) is 5.82 Å². The summed E-state index contributed by atoms with van der Waals surface area (Å²) in [6.07, 6.45) is 8.82. The lowest BCUT2D eigenvalue weighted by Gasteiger charge is -2.46. The number of hydrogen-bond acceptors (Lipinski definition) is 5. The van der Waals surface area contributed by atoms with Crippen molar-refractivity contribution < 1.29 is 4.79 Å². The minimum Gasteiger partial charge on any atom is -0.361 e. The van der Waals surface area contributed by atoms with Gasteiger partial charge in [-0.3, -0.25) is 9.78 Å². The largest absolute Gasteiger partial charge is 0.361 e. The molecule has 7 nitrogen and oxygen atoms in total. The molecule has 7 heteroatoms. The molecule has 2 aliphatic rings. The zero-order valence-corrected chi connectivity index (χ0v) is 16.8. The second-order valence-electron chi connectivity index (χ2n) is 8.33. The van der Waals surface area contributed by atoms with Crippen molar-refractivity contribution in [2.75, 3.05) is 24.5 Å². The summed E-state index contributed by atoms with van der Waals surface area (Å²) < 4.78 is 0. The first-order valence-electron chi connectivity index (χ1n) is 10.5. The molecule has 1 spiro atoms. The Labute approximate surface area is 175 Å². The van der Waals surface area contributed by atoms with Crippen LogP contribution in [0.5, 0.6) is 0 Å². The van der Waals surface area contributed by atoms with Gasteiger partial charge in [-0.15, -0.1) is 0 Å². The van der Waals surface area contributed by atoms with Crippen LogP contribution in [0.1, 0.15) is 36.9 Å². The molecule has 1 N–H and O–H groups in total. The molecule has 0 radical (unpaired) electrons. The number of piperidine rings is 2. The number of anilines is 1. The number of aromatic amines is 1. The summed E-state index contributed by atoms with van der Waals surface area (Å²) in [7, 11) is 0. The van der Waals surface area contributed by atoms with Crippen molar-refractivity contribution in [2.45, 2.75) is 32.2 Å². The Kier molecular flexibility index (Phi) is 4.62. The molecule has 2 fully saturated rings. The number of hydrogen-bond donors (Lipinski definition) is 1. The number of likely N-dealkylation sites (tertiary alicyclic amines) is 1. The van der Waals surface area contributed by atoms with Crippen molar-refractivity contribution in [3.05, 3.63) is 54.1 Å². The quantitative estimate of drug-likeness (QED) is 0.729. The normalized spacial score (nSPS) is 18.7. The van der Waals surface area contributed by atoms with Gasteiger partial charge in [0.05, 0.1) is 17.8 Å². The third-order valence-corrected chi connectivity index (χ3v) is 6.64. The summed E-state index contributed by atoms with van der Waals surface area (Å²) in [4.78, 5) is 29.5. The van der Waals surface area contributed by atoms with Crippen molar-refractivity contribution in [3.8, 4) is 6.07 Å². The van der Waals surface area contributed by atoms with Crippen LogP contribution in [0.25, 0.3) is 10.9 Å². The van der Waals surface area contributed by atoms with Crippen LogP contribution in [0, 0.1) is 16.7 Å². The second-order valence-corrected chi connectivity index (χ2v) is 8.33. The Balaban J connectivity index is 1.31. The number of rotatable bonds is 3. The Hall–Kier alpha value is -3.40. The summed E-state index contributed by atoms with van der Waals surface area (Å²) in [5, 5.41) is 10.3. The summed E-state index contributed by atoms with van der Waals surface area (Å²) in [6, 6.07) is 10.3. The zero-order chi connectivity index (χ0) is 20.6. The highest BCUT2D eigenvalue weighted by atomic mass is 16.2. The molecule has 5 rings (SSSR count). The first-order chi connectivity index (χ1) is 14.7. The van der Waals surface area contributed by atoms with Crippen LogP contribution in [-0.4, -0.2) is 45.4 Å². The molecule has 3 aromatic rings. The highest BCUT2D eigenvalue weighted by molar-refractivity contribution is 5.86. The number of H-pyrrole nitrogens is 1. The van der Waals surface area contributed by atoms with E-state index in [1.54, 1.807) is 6.20 Å². The molecule has 2 aliphatic heterocycles. The van der Waals surface area contributed by atoms with Crippen LogP contribution in [-0.2, 0) is 11.3 Å². The molecule has 0 bridgehead atoms. The van der Waals surface area contributed by atoms with Gasteiger partial charge >= 0.3 is 0 Å². The van der Waals surface area contributed by atoms with E-state index in [2.05, 4.69) is 32.0 Å². The lowest BCUT2D eigenvalue weighted by atomic mass is 9.71. The summed E-state index contributed by atoms with van der Waals surface area (Å²) in [6.45, 7) is 3.00. The van der Waals surface area contributed by atoms with Gasteiger partial charge in [-0.1, -0.05) is 18.2 Å². The minimum atomic E-state index is -0.277. The number of aromatic nitrogens is 3. The van der Waals surface area contributed by atoms with Crippen molar-refractivity contribution >= 4 is 22.6 Å². The Morgan fingerprint density at radius 1 is 1.13 bits per heavy atom. The average molecular weight is 400 g/mol. The maximum absolute atomic E-state index is 13.5. The van der Waals surface area contributed by atoms with Gasteiger partial charge in [0.1, 0.15) is 11.9 Å². The molecular formula is C23H24N6O. The van der Waals surface area contributed by atoms with Gasteiger partial charge < -0.3 is 14.8 Å². The van der Waals surface area contributed by atoms with Crippen LogP contribution in [0.2, 0.25) is 0 Å². The molecule has 0 aliphatic carbocycles. The topological polar surface area (TPSA) is 88.9 Å². The fourth-order valence-corrected chi connectivity index (χ4v) is 4.96. The third-order valence-electron chi connectivity index (χ3n) is 6.64. The second kappa shape index (κ2) is 7.45. The molecule has 2 aromatic heterocycles. The molecule has 1 aromatic carbocycles. The summed E-state index contributed by atoms with van der Waals surface area (Å²) in [5.41, 5.74) is 2.34. The third kappa shape index (κ3) is 3.18. The Morgan fingerprint density at radius 2 is 1.97 bits per heavy atom. The number of nitrogens with one attached hydrogen (secondary N) is 1. The van der Waals surface area contributed by atoms with Gasteiger partial charge in [0.2, 0.25) is 5.91 Å². The van der Waals surface area contributed by atoms with Crippen LogP contribution in [0.3, 0.4) is 0 Å². The van der Waals surface area contributed by atoms with E-state index < -0.39 is 0 Å². The maximum Gasteiger partial charge on any atom is 0.229 e. The molecule has 30 heavy (non-hydrogen) atoms. The molecular weight excluding hydrogens is 376 g/mol. The number of benzene rings is 1. The number of fused-ring (bicyclic) bond motifs is 1. The average Bonchev–Trinajstić information content (AvgIpc) is 3.20. The molecule has 0 atom stereocenters. The van der Waals surface area contributed by atoms with E-state index in [0.717, 1.165) is 56.7 Å². The summed E-state index contributed by atoms with van der Waals surface area (Å²) in [5.74, 6) is 1.01. The Bertz CT molecular complexity index is 1120. The molecule has 1 amide bonds. The fourth-order valence-electron chi connectivity index (χ4n) is 4.96. The zero-order valence-electron chi connectivity index (χ0n) is 16.8. The van der Waals surface area contributed by atoms with Gasteiger partial charge in [0.15, 0.2) is 5.69 Å². The van der Waals surface area contributed by atoms with E-state index in [0.29, 0.717) is 12.2 Å². The van der Waals surface area contributed by atoms with Crippen molar-refractivity contribution in [3.63, 3.8) is 0 Å². The van der Waals surface area contributed by atoms with Gasteiger partial charge in [0, 0.05) is 43.3 Å².